The number of carboxylic acid groups (broad SMARTS) is 1. The second-order valence-corrected chi connectivity index (χ2v) is 4.32. The van der Waals surface area contributed by atoms with Crippen LogP contribution in [-0.2, 0) is 16.1 Å². The minimum atomic E-state index is -1.14. The molecule has 0 saturated heterocycles. The van der Waals surface area contributed by atoms with E-state index in [9.17, 15) is 9.59 Å². The van der Waals surface area contributed by atoms with E-state index < -0.39 is 11.9 Å². The topological polar surface area (TPSA) is 69.6 Å². The highest BCUT2D eigenvalue weighted by atomic mass is 16.4. The van der Waals surface area contributed by atoms with E-state index in [1.165, 1.54) is 0 Å². The van der Waals surface area contributed by atoms with Crippen LogP contribution in [0.4, 0.5) is 5.69 Å². The van der Waals surface area contributed by atoms with Crippen molar-refractivity contribution in [1.82, 2.24) is 4.90 Å². The van der Waals surface area contributed by atoms with E-state index in [1.54, 1.807) is 6.07 Å². The smallest absolute Gasteiger partial charge is 0.328 e. The van der Waals surface area contributed by atoms with Gasteiger partial charge in [0.05, 0.1) is 0 Å². The Morgan fingerprint density at radius 1 is 1.25 bits per heavy atom. The molecule has 0 unspecified atom stereocenters. The van der Waals surface area contributed by atoms with Gasteiger partial charge >= 0.3 is 5.97 Å². The lowest BCUT2D eigenvalue weighted by atomic mass is 10.2. The molecule has 1 rings (SSSR count). The molecule has 0 heterocycles. The fraction of sp³-hybridized carbons (Fsp3) is 0.333. The number of aliphatic carboxylic acids is 1. The largest absolute Gasteiger partial charge is 0.478 e. The Hall–Kier alpha value is -2.14. The lowest BCUT2D eigenvalue weighted by Gasteiger charge is -2.18. The van der Waals surface area contributed by atoms with Crippen LogP contribution in [0.1, 0.15) is 19.4 Å². The van der Waals surface area contributed by atoms with Crippen molar-refractivity contribution >= 4 is 17.6 Å². The van der Waals surface area contributed by atoms with Crippen molar-refractivity contribution in [2.45, 2.75) is 20.4 Å². The van der Waals surface area contributed by atoms with Gasteiger partial charge in [-0.2, -0.15) is 0 Å². The lowest BCUT2D eigenvalue weighted by molar-refractivity contribution is -0.131. The van der Waals surface area contributed by atoms with Crippen molar-refractivity contribution in [2.24, 2.45) is 0 Å². The minimum Gasteiger partial charge on any atom is -0.478 e. The fourth-order valence-electron chi connectivity index (χ4n) is 1.78. The second kappa shape index (κ2) is 8.12. The first-order chi connectivity index (χ1) is 9.55. The molecule has 0 saturated carbocycles. The number of nitrogens with zero attached hydrogens (tertiary/aromatic N) is 1. The standard InChI is InChI=1S/C15H20N2O3/c1-3-17(4-2)11-12-6-5-7-13(10-12)16-14(18)8-9-15(19)20/h5-10H,3-4,11H2,1-2H3,(H,16,18)(H,19,20)/b9-8+. The summed E-state index contributed by atoms with van der Waals surface area (Å²) in [5, 5.41) is 11.1. The molecule has 0 aliphatic rings. The summed E-state index contributed by atoms with van der Waals surface area (Å²) < 4.78 is 0. The summed E-state index contributed by atoms with van der Waals surface area (Å²) >= 11 is 0. The van der Waals surface area contributed by atoms with Gasteiger partial charge in [0.2, 0.25) is 5.91 Å². The van der Waals surface area contributed by atoms with E-state index in [2.05, 4.69) is 24.1 Å². The lowest BCUT2D eigenvalue weighted by Crippen LogP contribution is -2.22. The number of hydrogen-bond donors (Lipinski definition) is 2. The molecule has 1 amide bonds. The quantitative estimate of drug-likeness (QED) is 0.748. The SMILES string of the molecule is CCN(CC)Cc1cccc(NC(=O)/C=C/C(=O)O)c1. The van der Waals surface area contributed by atoms with Crippen molar-refractivity contribution in [1.29, 1.82) is 0 Å². The first kappa shape index (κ1) is 15.9. The van der Waals surface area contributed by atoms with Crippen LogP contribution in [0.2, 0.25) is 0 Å². The van der Waals surface area contributed by atoms with Gasteiger partial charge < -0.3 is 10.4 Å². The average molecular weight is 276 g/mol. The molecule has 108 valence electrons. The van der Waals surface area contributed by atoms with Crippen molar-refractivity contribution < 1.29 is 14.7 Å². The summed E-state index contributed by atoms with van der Waals surface area (Å²) in [6.45, 7) is 6.96. The molecule has 0 atom stereocenters. The molecule has 0 fully saturated rings. The number of benzene rings is 1. The van der Waals surface area contributed by atoms with Crippen LogP contribution in [0.15, 0.2) is 36.4 Å². The highest BCUT2D eigenvalue weighted by molar-refractivity contribution is 6.02. The van der Waals surface area contributed by atoms with Gasteiger partial charge in [0.15, 0.2) is 0 Å². The maximum Gasteiger partial charge on any atom is 0.328 e. The van der Waals surface area contributed by atoms with Crippen molar-refractivity contribution in [3.63, 3.8) is 0 Å². The first-order valence-electron chi connectivity index (χ1n) is 6.58. The summed E-state index contributed by atoms with van der Waals surface area (Å²) in [4.78, 5) is 24.1. The van der Waals surface area contributed by atoms with Crippen LogP contribution in [0.3, 0.4) is 0 Å². The number of anilines is 1. The molecule has 0 radical (unpaired) electrons. The Morgan fingerprint density at radius 3 is 2.55 bits per heavy atom. The van der Waals surface area contributed by atoms with Crippen LogP contribution >= 0.6 is 0 Å². The van der Waals surface area contributed by atoms with Gasteiger partial charge in [0.25, 0.3) is 0 Å². The predicted molar refractivity (Wildman–Crippen MR) is 78.5 cm³/mol. The molecule has 1 aromatic rings. The summed E-state index contributed by atoms with van der Waals surface area (Å²) in [7, 11) is 0. The second-order valence-electron chi connectivity index (χ2n) is 4.32. The number of carbonyl (C=O) groups excluding carboxylic acids is 1. The molecule has 0 aliphatic heterocycles. The Labute approximate surface area is 118 Å². The van der Waals surface area contributed by atoms with E-state index in [4.69, 9.17) is 5.11 Å². The van der Waals surface area contributed by atoms with Gasteiger partial charge in [0.1, 0.15) is 0 Å². The van der Waals surface area contributed by atoms with E-state index in [-0.39, 0.29) is 0 Å². The summed E-state index contributed by atoms with van der Waals surface area (Å²) in [6.07, 6.45) is 1.81. The fourth-order valence-corrected chi connectivity index (χ4v) is 1.78. The third-order valence-corrected chi connectivity index (χ3v) is 2.87. The van der Waals surface area contributed by atoms with E-state index >= 15 is 0 Å². The number of hydrogen-bond acceptors (Lipinski definition) is 3. The van der Waals surface area contributed by atoms with E-state index in [1.807, 2.05) is 18.2 Å². The zero-order chi connectivity index (χ0) is 15.0. The third-order valence-electron chi connectivity index (χ3n) is 2.87. The maximum absolute atomic E-state index is 11.5. The summed E-state index contributed by atoms with van der Waals surface area (Å²) in [5.74, 6) is -1.59. The van der Waals surface area contributed by atoms with Crippen LogP contribution in [0.25, 0.3) is 0 Å². The van der Waals surface area contributed by atoms with E-state index in [0.717, 1.165) is 37.3 Å². The van der Waals surface area contributed by atoms with Crippen LogP contribution in [0, 0.1) is 0 Å². The Bertz CT molecular complexity index is 494. The van der Waals surface area contributed by atoms with Gasteiger partial charge in [-0.1, -0.05) is 26.0 Å². The van der Waals surface area contributed by atoms with Gasteiger partial charge in [0, 0.05) is 24.4 Å². The number of carbonyl (C=O) groups is 2. The number of carboxylic acids is 1. The number of amides is 1. The highest BCUT2D eigenvalue weighted by Gasteiger charge is 2.03. The Morgan fingerprint density at radius 2 is 1.95 bits per heavy atom. The Kier molecular flexibility index (Phi) is 6.46. The van der Waals surface area contributed by atoms with Gasteiger partial charge in [-0.25, -0.2) is 4.79 Å². The zero-order valence-electron chi connectivity index (χ0n) is 11.8. The van der Waals surface area contributed by atoms with Crippen LogP contribution in [-0.4, -0.2) is 35.0 Å². The van der Waals surface area contributed by atoms with Crippen molar-refractivity contribution in [2.75, 3.05) is 18.4 Å². The van der Waals surface area contributed by atoms with Gasteiger partial charge in [-0.3, -0.25) is 9.69 Å². The zero-order valence-corrected chi connectivity index (χ0v) is 11.8. The third kappa shape index (κ3) is 5.67. The monoisotopic (exact) mass is 276 g/mol. The molecule has 0 aliphatic carbocycles. The average Bonchev–Trinajstić information content (AvgIpc) is 2.43. The molecule has 5 nitrogen and oxygen atoms in total. The number of rotatable bonds is 7. The molecule has 1 aromatic carbocycles. The molecular weight excluding hydrogens is 256 g/mol. The predicted octanol–water partition coefficient (Wildman–Crippen LogP) is 2.11. The molecule has 20 heavy (non-hydrogen) atoms. The molecule has 5 heteroatoms. The molecule has 0 bridgehead atoms. The number of nitrogens with one attached hydrogen (secondary N) is 1. The van der Waals surface area contributed by atoms with Crippen LogP contribution in [0.5, 0.6) is 0 Å². The molecule has 0 aromatic heterocycles. The molecule has 2 N–H and O–H groups in total. The van der Waals surface area contributed by atoms with Crippen LogP contribution < -0.4 is 5.32 Å². The minimum absolute atomic E-state index is 0.451. The summed E-state index contributed by atoms with van der Waals surface area (Å²) in [5.41, 5.74) is 1.77. The molecular formula is C15H20N2O3. The Balaban J connectivity index is 2.68. The van der Waals surface area contributed by atoms with Crippen molar-refractivity contribution in [3.05, 3.63) is 42.0 Å². The van der Waals surface area contributed by atoms with E-state index in [0.29, 0.717) is 5.69 Å². The highest BCUT2D eigenvalue weighted by Crippen LogP contribution is 2.12. The summed E-state index contributed by atoms with van der Waals surface area (Å²) in [6, 6.07) is 7.54. The maximum atomic E-state index is 11.5. The molecule has 0 spiro atoms. The van der Waals surface area contributed by atoms with Crippen molar-refractivity contribution in [3.8, 4) is 0 Å². The first-order valence-corrected chi connectivity index (χ1v) is 6.58. The normalized spacial score (nSPS) is 10.9. The van der Waals surface area contributed by atoms with Gasteiger partial charge in [-0.15, -0.1) is 0 Å². The van der Waals surface area contributed by atoms with Gasteiger partial charge in [-0.05, 0) is 30.8 Å².